The van der Waals surface area contributed by atoms with Gasteiger partial charge in [-0.05, 0) is 61.0 Å². The predicted molar refractivity (Wildman–Crippen MR) is 104 cm³/mol. The van der Waals surface area contributed by atoms with E-state index in [1.54, 1.807) is 28.9 Å². The third-order valence-corrected chi connectivity index (χ3v) is 5.03. The smallest absolute Gasteiger partial charge is 0.237 e. The van der Waals surface area contributed by atoms with E-state index in [4.69, 9.17) is 11.6 Å². The van der Waals surface area contributed by atoms with Crippen LogP contribution >= 0.6 is 23.4 Å². The summed E-state index contributed by atoms with van der Waals surface area (Å²) in [4.78, 5) is 12.5. The molecule has 26 heavy (non-hydrogen) atoms. The molecule has 0 aliphatic rings. The van der Waals surface area contributed by atoms with E-state index in [-0.39, 0.29) is 11.2 Å². The minimum Gasteiger partial charge on any atom is -0.325 e. The fourth-order valence-electron chi connectivity index (χ4n) is 2.47. The van der Waals surface area contributed by atoms with Crippen molar-refractivity contribution in [2.45, 2.75) is 31.2 Å². The minimum atomic E-state index is -0.385. The Labute approximate surface area is 160 Å². The Balaban J connectivity index is 1.75. The van der Waals surface area contributed by atoms with Gasteiger partial charge in [-0.2, -0.15) is 4.68 Å². The molecular formula is C18H18ClN5OS. The third-order valence-electron chi connectivity index (χ3n) is 3.76. The van der Waals surface area contributed by atoms with Gasteiger partial charge >= 0.3 is 0 Å². The summed E-state index contributed by atoms with van der Waals surface area (Å²) in [5.74, 6) is -0.146. The number of rotatable bonds is 5. The number of hydrogen-bond donors (Lipinski definition) is 1. The van der Waals surface area contributed by atoms with Gasteiger partial charge in [0, 0.05) is 10.7 Å². The van der Waals surface area contributed by atoms with Gasteiger partial charge < -0.3 is 5.32 Å². The van der Waals surface area contributed by atoms with Crippen LogP contribution in [0.4, 0.5) is 5.69 Å². The molecule has 0 radical (unpaired) electrons. The van der Waals surface area contributed by atoms with Crippen LogP contribution in [0.25, 0.3) is 5.69 Å². The maximum Gasteiger partial charge on any atom is 0.237 e. The van der Waals surface area contributed by atoms with Crippen LogP contribution in [0.1, 0.15) is 18.1 Å². The van der Waals surface area contributed by atoms with Crippen molar-refractivity contribution in [1.29, 1.82) is 0 Å². The van der Waals surface area contributed by atoms with Crippen molar-refractivity contribution in [1.82, 2.24) is 20.2 Å². The highest BCUT2D eigenvalue weighted by molar-refractivity contribution is 8.00. The summed E-state index contributed by atoms with van der Waals surface area (Å²) < 4.78 is 1.66. The Hall–Kier alpha value is -2.38. The highest BCUT2D eigenvalue weighted by Gasteiger charge is 2.20. The van der Waals surface area contributed by atoms with E-state index < -0.39 is 0 Å². The SMILES string of the molecule is Cc1ccc(-n2nnnc2SC(C)C(=O)Nc2cccc(Cl)c2)c(C)c1. The summed E-state index contributed by atoms with van der Waals surface area (Å²) in [5, 5.41) is 15.5. The molecule has 1 atom stereocenters. The van der Waals surface area contributed by atoms with Gasteiger partial charge in [0.2, 0.25) is 11.1 Å². The molecule has 134 valence electrons. The van der Waals surface area contributed by atoms with Crippen LogP contribution in [0, 0.1) is 13.8 Å². The maximum absolute atomic E-state index is 12.5. The van der Waals surface area contributed by atoms with Gasteiger partial charge in [0.15, 0.2) is 0 Å². The number of carbonyl (C=O) groups excluding carboxylic acids is 1. The largest absolute Gasteiger partial charge is 0.325 e. The van der Waals surface area contributed by atoms with E-state index in [1.807, 2.05) is 32.9 Å². The predicted octanol–water partition coefficient (Wildman–Crippen LogP) is 4.05. The highest BCUT2D eigenvalue weighted by Crippen LogP contribution is 2.26. The second-order valence-corrected chi connectivity index (χ2v) is 7.67. The van der Waals surface area contributed by atoms with E-state index in [1.165, 1.54) is 17.3 Å². The lowest BCUT2D eigenvalue weighted by molar-refractivity contribution is -0.115. The average Bonchev–Trinajstić information content (AvgIpc) is 3.02. The molecule has 3 rings (SSSR count). The molecular weight excluding hydrogens is 370 g/mol. The Morgan fingerprint density at radius 2 is 2.04 bits per heavy atom. The van der Waals surface area contributed by atoms with Crippen LogP contribution in [0.3, 0.4) is 0 Å². The fourth-order valence-corrected chi connectivity index (χ4v) is 3.46. The molecule has 1 aromatic heterocycles. The molecule has 0 spiro atoms. The lowest BCUT2D eigenvalue weighted by atomic mass is 10.1. The summed E-state index contributed by atoms with van der Waals surface area (Å²) in [7, 11) is 0. The summed E-state index contributed by atoms with van der Waals surface area (Å²) in [6.45, 7) is 5.85. The number of benzene rings is 2. The van der Waals surface area contributed by atoms with Crippen LogP contribution < -0.4 is 5.32 Å². The molecule has 1 amide bonds. The van der Waals surface area contributed by atoms with Gasteiger partial charge in [0.05, 0.1) is 10.9 Å². The molecule has 2 aromatic carbocycles. The first-order valence-corrected chi connectivity index (χ1v) is 9.29. The molecule has 1 heterocycles. The number of nitrogens with one attached hydrogen (secondary N) is 1. The number of amides is 1. The summed E-state index contributed by atoms with van der Waals surface area (Å²) in [5.41, 5.74) is 3.78. The molecule has 6 nitrogen and oxygen atoms in total. The number of carbonyl (C=O) groups is 1. The normalized spacial score (nSPS) is 12.0. The molecule has 1 N–H and O–H groups in total. The molecule has 0 saturated carbocycles. The lowest BCUT2D eigenvalue weighted by Gasteiger charge is -2.13. The van der Waals surface area contributed by atoms with Crippen molar-refractivity contribution >= 4 is 35.0 Å². The van der Waals surface area contributed by atoms with Crippen molar-refractivity contribution in [3.8, 4) is 5.69 Å². The van der Waals surface area contributed by atoms with Gasteiger partial charge in [0.25, 0.3) is 0 Å². The van der Waals surface area contributed by atoms with Crippen molar-refractivity contribution in [2.75, 3.05) is 5.32 Å². The number of halogens is 1. The zero-order valence-corrected chi connectivity index (χ0v) is 16.2. The minimum absolute atomic E-state index is 0.146. The number of hydrogen-bond acceptors (Lipinski definition) is 5. The zero-order chi connectivity index (χ0) is 18.7. The zero-order valence-electron chi connectivity index (χ0n) is 14.6. The number of aromatic nitrogens is 4. The van der Waals surface area contributed by atoms with Gasteiger partial charge in [-0.3, -0.25) is 4.79 Å². The lowest BCUT2D eigenvalue weighted by Crippen LogP contribution is -2.23. The molecule has 0 saturated heterocycles. The first kappa shape index (κ1) is 18.4. The molecule has 0 fully saturated rings. The number of anilines is 1. The van der Waals surface area contributed by atoms with Crippen LogP contribution in [-0.2, 0) is 4.79 Å². The maximum atomic E-state index is 12.5. The first-order chi connectivity index (χ1) is 12.4. The van der Waals surface area contributed by atoms with Crippen molar-refractivity contribution in [2.24, 2.45) is 0 Å². The van der Waals surface area contributed by atoms with Gasteiger partial charge in [-0.1, -0.05) is 47.1 Å². The third kappa shape index (κ3) is 4.23. The van der Waals surface area contributed by atoms with Crippen molar-refractivity contribution in [3.63, 3.8) is 0 Å². The molecule has 0 aliphatic carbocycles. The topological polar surface area (TPSA) is 72.7 Å². The Bertz CT molecular complexity index is 943. The van der Waals surface area contributed by atoms with Crippen LogP contribution in [0.5, 0.6) is 0 Å². The number of aryl methyl sites for hydroxylation is 2. The Morgan fingerprint density at radius 1 is 1.23 bits per heavy atom. The molecule has 0 bridgehead atoms. The van der Waals surface area contributed by atoms with E-state index in [0.717, 1.165) is 11.3 Å². The number of thioether (sulfide) groups is 1. The van der Waals surface area contributed by atoms with Crippen molar-refractivity contribution in [3.05, 3.63) is 58.6 Å². The second kappa shape index (κ2) is 7.88. The highest BCUT2D eigenvalue weighted by atomic mass is 35.5. The standard InChI is InChI=1S/C18H18ClN5OS/c1-11-7-8-16(12(2)9-11)24-18(21-22-23-24)26-13(3)17(25)20-15-6-4-5-14(19)10-15/h4-10,13H,1-3H3,(H,20,25). The van der Waals surface area contributed by atoms with Crippen LogP contribution in [0.2, 0.25) is 5.02 Å². The van der Waals surface area contributed by atoms with E-state index >= 15 is 0 Å². The first-order valence-electron chi connectivity index (χ1n) is 8.03. The quantitative estimate of drug-likeness (QED) is 0.668. The van der Waals surface area contributed by atoms with Gasteiger partial charge in [0.1, 0.15) is 0 Å². The number of tetrazole rings is 1. The molecule has 3 aromatic rings. The monoisotopic (exact) mass is 387 g/mol. The van der Waals surface area contributed by atoms with Crippen molar-refractivity contribution < 1.29 is 4.79 Å². The average molecular weight is 388 g/mol. The second-order valence-electron chi connectivity index (χ2n) is 5.92. The number of nitrogens with zero attached hydrogens (tertiary/aromatic N) is 4. The Kier molecular flexibility index (Phi) is 5.58. The van der Waals surface area contributed by atoms with Crippen LogP contribution in [0.15, 0.2) is 47.6 Å². The van der Waals surface area contributed by atoms with E-state index in [9.17, 15) is 4.79 Å². The fraction of sp³-hybridized carbons (Fsp3) is 0.222. The van der Waals surface area contributed by atoms with E-state index in [0.29, 0.717) is 15.9 Å². The summed E-state index contributed by atoms with van der Waals surface area (Å²) in [6.07, 6.45) is 0. The van der Waals surface area contributed by atoms with Crippen LogP contribution in [-0.4, -0.2) is 31.4 Å². The molecule has 0 aliphatic heterocycles. The Morgan fingerprint density at radius 3 is 2.77 bits per heavy atom. The summed E-state index contributed by atoms with van der Waals surface area (Å²) in [6, 6.07) is 13.1. The molecule has 1 unspecified atom stereocenters. The van der Waals surface area contributed by atoms with Gasteiger partial charge in [-0.25, -0.2) is 0 Å². The summed E-state index contributed by atoms with van der Waals surface area (Å²) >= 11 is 7.25. The molecule has 8 heteroatoms. The van der Waals surface area contributed by atoms with Gasteiger partial charge in [-0.15, -0.1) is 5.10 Å². The van der Waals surface area contributed by atoms with E-state index in [2.05, 4.69) is 26.9 Å².